The van der Waals surface area contributed by atoms with E-state index >= 15 is 0 Å². The van der Waals surface area contributed by atoms with Gasteiger partial charge >= 0.3 is 0 Å². The van der Waals surface area contributed by atoms with Crippen LogP contribution in [0.25, 0.3) is 0 Å². The number of ether oxygens (including phenoxy) is 1. The zero-order chi connectivity index (χ0) is 19.0. The van der Waals surface area contributed by atoms with Gasteiger partial charge in [-0.2, -0.15) is 0 Å². The number of allylic oxidation sites excluding steroid dienone is 2. The van der Waals surface area contributed by atoms with Gasteiger partial charge in [-0.3, -0.25) is 14.5 Å². The number of carbonyl (C=O) groups is 2. The molecule has 0 N–H and O–H groups in total. The lowest BCUT2D eigenvalue weighted by molar-refractivity contribution is -0.124. The lowest BCUT2D eigenvalue weighted by Crippen LogP contribution is -2.40. The maximum Gasteiger partial charge on any atom is 0.238 e. The Bertz CT molecular complexity index is 977. The molecule has 4 nitrogen and oxygen atoms in total. The molecule has 0 aromatic heterocycles. The van der Waals surface area contributed by atoms with Crippen LogP contribution in [0.15, 0.2) is 60.7 Å². The molecule has 5 aliphatic rings. The lowest BCUT2D eigenvalue weighted by Gasteiger charge is -2.37. The highest BCUT2D eigenvalue weighted by atomic mass is 35.5. The van der Waals surface area contributed by atoms with Crippen LogP contribution in [0.2, 0.25) is 5.02 Å². The summed E-state index contributed by atoms with van der Waals surface area (Å²) in [4.78, 5) is 27.7. The summed E-state index contributed by atoms with van der Waals surface area (Å²) < 4.78 is 5.81. The number of hydrogen-bond acceptors (Lipinski definition) is 3. The van der Waals surface area contributed by atoms with Crippen molar-refractivity contribution in [3.05, 3.63) is 65.7 Å². The smallest absolute Gasteiger partial charge is 0.238 e. The molecule has 6 atom stereocenters. The van der Waals surface area contributed by atoms with Gasteiger partial charge < -0.3 is 4.74 Å². The summed E-state index contributed by atoms with van der Waals surface area (Å²) in [6.45, 7) is 0. The van der Waals surface area contributed by atoms with Gasteiger partial charge in [0.15, 0.2) is 0 Å². The minimum absolute atomic E-state index is 0.0360. The first-order valence-corrected chi connectivity index (χ1v) is 10.1. The lowest BCUT2D eigenvalue weighted by atomic mass is 9.63. The fourth-order valence-corrected chi connectivity index (χ4v) is 5.64. The third-order valence-corrected chi connectivity index (χ3v) is 7.06. The second-order valence-electron chi connectivity index (χ2n) is 8.22. The minimum atomic E-state index is -0.170. The third kappa shape index (κ3) is 2.24. The second kappa shape index (κ2) is 5.71. The average molecular weight is 392 g/mol. The zero-order valence-corrected chi connectivity index (χ0v) is 15.8. The number of anilines is 1. The Morgan fingerprint density at radius 3 is 1.82 bits per heavy atom. The van der Waals surface area contributed by atoms with Crippen molar-refractivity contribution in [1.29, 1.82) is 0 Å². The first kappa shape index (κ1) is 16.4. The van der Waals surface area contributed by atoms with E-state index in [4.69, 9.17) is 16.3 Å². The van der Waals surface area contributed by atoms with E-state index in [1.54, 1.807) is 48.5 Å². The van der Waals surface area contributed by atoms with Crippen molar-refractivity contribution in [2.24, 2.45) is 35.5 Å². The Morgan fingerprint density at radius 1 is 0.786 bits per heavy atom. The molecule has 0 radical (unpaired) electrons. The summed E-state index contributed by atoms with van der Waals surface area (Å²) in [6, 6.07) is 14.3. The Balaban J connectivity index is 1.26. The molecule has 140 valence electrons. The molecule has 2 amide bonds. The monoisotopic (exact) mass is 391 g/mol. The number of rotatable bonds is 3. The maximum absolute atomic E-state index is 13.1. The van der Waals surface area contributed by atoms with Crippen LogP contribution in [0.1, 0.15) is 6.42 Å². The van der Waals surface area contributed by atoms with Crippen molar-refractivity contribution in [3.63, 3.8) is 0 Å². The minimum Gasteiger partial charge on any atom is -0.457 e. The molecule has 2 bridgehead atoms. The molecule has 0 spiro atoms. The number of imide groups is 1. The van der Waals surface area contributed by atoms with E-state index in [1.165, 1.54) is 11.3 Å². The summed E-state index contributed by atoms with van der Waals surface area (Å²) >= 11 is 5.89. The summed E-state index contributed by atoms with van der Waals surface area (Å²) in [7, 11) is 0. The van der Waals surface area contributed by atoms with Crippen molar-refractivity contribution >= 4 is 29.1 Å². The van der Waals surface area contributed by atoms with Crippen LogP contribution in [0.4, 0.5) is 5.69 Å². The van der Waals surface area contributed by atoms with Crippen LogP contribution >= 0.6 is 11.6 Å². The van der Waals surface area contributed by atoms with Crippen molar-refractivity contribution in [1.82, 2.24) is 0 Å². The molecule has 0 unspecified atom stereocenters. The molecule has 1 heterocycles. The van der Waals surface area contributed by atoms with Crippen molar-refractivity contribution in [3.8, 4) is 11.5 Å². The van der Waals surface area contributed by atoms with E-state index in [0.29, 0.717) is 34.0 Å². The Labute approximate surface area is 167 Å². The molecule has 2 aromatic carbocycles. The fourth-order valence-electron chi connectivity index (χ4n) is 5.51. The van der Waals surface area contributed by atoms with Gasteiger partial charge in [0, 0.05) is 5.02 Å². The highest BCUT2D eigenvalue weighted by molar-refractivity contribution is 6.30. The van der Waals surface area contributed by atoms with Gasteiger partial charge in [0.05, 0.1) is 17.5 Å². The van der Waals surface area contributed by atoms with E-state index in [1.807, 2.05) is 0 Å². The molecule has 28 heavy (non-hydrogen) atoms. The normalized spacial score (nSPS) is 34.4. The predicted octanol–water partition coefficient (Wildman–Crippen LogP) is 4.69. The van der Waals surface area contributed by atoms with Gasteiger partial charge in [0.1, 0.15) is 11.5 Å². The van der Waals surface area contributed by atoms with Crippen LogP contribution in [-0.2, 0) is 9.59 Å². The predicted molar refractivity (Wildman–Crippen MR) is 105 cm³/mol. The molecular weight excluding hydrogens is 374 g/mol. The molecular formula is C23H18ClNO3. The molecule has 2 aromatic rings. The molecule has 5 heteroatoms. The summed E-state index contributed by atoms with van der Waals surface area (Å²) in [5, 5.41) is 0.649. The van der Waals surface area contributed by atoms with Crippen molar-refractivity contribution in [2.45, 2.75) is 6.42 Å². The highest BCUT2D eigenvalue weighted by Gasteiger charge is 2.67. The summed E-state index contributed by atoms with van der Waals surface area (Å²) in [5.74, 6) is 2.63. The number of amides is 2. The Morgan fingerprint density at radius 2 is 1.29 bits per heavy atom. The van der Waals surface area contributed by atoms with Gasteiger partial charge in [-0.1, -0.05) is 23.8 Å². The number of halogens is 1. The van der Waals surface area contributed by atoms with Crippen LogP contribution in [-0.4, -0.2) is 11.8 Å². The molecule has 3 fully saturated rings. The van der Waals surface area contributed by atoms with Gasteiger partial charge in [-0.25, -0.2) is 0 Å². The van der Waals surface area contributed by atoms with Gasteiger partial charge in [0.25, 0.3) is 0 Å². The zero-order valence-electron chi connectivity index (χ0n) is 15.0. The third-order valence-electron chi connectivity index (χ3n) is 6.81. The molecule has 2 saturated carbocycles. The second-order valence-corrected chi connectivity index (χ2v) is 8.65. The van der Waals surface area contributed by atoms with Crippen molar-refractivity contribution < 1.29 is 14.3 Å². The number of nitrogens with zero attached hydrogens (tertiary/aromatic N) is 1. The van der Waals surface area contributed by atoms with E-state index in [9.17, 15) is 9.59 Å². The van der Waals surface area contributed by atoms with Crippen LogP contribution < -0.4 is 9.64 Å². The molecule has 1 aliphatic heterocycles. The molecule has 7 rings (SSSR count). The van der Waals surface area contributed by atoms with Crippen LogP contribution in [0, 0.1) is 35.5 Å². The number of carbonyl (C=O) groups excluding carboxylic acids is 2. The standard InChI is InChI=1S/C23H18ClNO3/c24-12-1-5-14(6-2-12)28-15-7-3-13(4-8-15)25-22(26)20-16-9-10-17(19-11-18(16)19)21(20)23(25)27/h1-10,16-21H,11H2/t16-,17-,18-,19-,20-,21+/m0/s1. The first-order chi connectivity index (χ1) is 13.6. The van der Waals surface area contributed by atoms with Gasteiger partial charge in [-0.05, 0) is 78.6 Å². The molecule has 4 aliphatic carbocycles. The van der Waals surface area contributed by atoms with E-state index in [2.05, 4.69) is 12.2 Å². The fraction of sp³-hybridized carbons (Fsp3) is 0.304. The highest BCUT2D eigenvalue weighted by Crippen LogP contribution is 2.65. The summed E-state index contributed by atoms with van der Waals surface area (Å²) in [5.41, 5.74) is 0.626. The SMILES string of the molecule is O=C1[C@@H]2[C@H]3C=C[C@@H]([C@@H]4C[C@@H]34)[C@@H]2C(=O)N1c1ccc(Oc2ccc(Cl)cc2)cc1. The van der Waals surface area contributed by atoms with Crippen molar-refractivity contribution in [2.75, 3.05) is 4.90 Å². The van der Waals surface area contributed by atoms with Crippen LogP contribution in [0.3, 0.4) is 0 Å². The quantitative estimate of drug-likeness (QED) is 0.563. The Hall–Kier alpha value is -2.59. The Kier molecular flexibility index (Phi) is 3.34. The number of hydrogen-bond donors (Lipinski definition) is 0. The number of benzene rings is 2. The largest absolute Gasteiger partial charge is 0.457 e. The van der Waals surface area contributed by atoms with E-state index in [0.717, 1.165) is 0 Å². The molecule has 1 saturated heterocycles. The first-order valence-electron chi connectivity index (χ1n) is 9.71. The van der Waals surface area contributed by atoms with Gasteiger partial charge in [-0.15, -0.1) is 0 Å². The summed E-state index contributed by atoms with van der Waals surface area (Å²) in [6.07, 6.45) is 5.56. The van der Waals surface area contributed by atoms with E-state index in [-0.39, 0.29) is 35.5 Å². The maximum atomic E-state index is 13.1. The van der Waals surface area contributed by atoms with E-state index < -0.39 is 0 Å². The topological polar surface area (TPSA) is 46.6 Å². The van der Waals surface area contributed by atoms with Gasteiger partial charge in [0.2, 0.25) is 11.8 Å². The van der Waals surface area contributed by atoms with Crippen LogP contribution in [0.5, 0.6) is 11.5 Å². The average Bonchev–Trinajstić information content (AvgIpc) is 3.49.